The van der Waals surface area contributed by atoms with Gasteiger partial charge >= 0.3 is 12.1 Å². The summed E-state index contributed by atoms with van der Waals surface area (Å²) < 4.78 is 37.1. The van der Waals surface area contributed by atoms with E-state index < -0.39 is 23.4 Å². The van der Waals surface area contributed by atoms with Crippen LogP contribution in [-0.2, 0) is 13.2 Å². The first kappa shape index (κ1) is 20.3. The third kappa shape index (κ3) is 5.24. The molecule has 0 saturated carbocycles. The van der Waals surface area contributed by atoms with E-state index in [2.05, 4.69) is 5.10 Å². The molecule has 0 amide bonds. The molecule has 5 nitrogen and oxygen atoms in total. The quantitative estimate of drug-likeness (QED) is 0.613. The standard InChI is InChI=1S/C12H10ClN.C6H5F3N2O2/c13-10-7-5-9(6-8-10)11-3-1-2-4-12(11)14;1-11-2-3(5(12)13)4(10-11)6(7,8)9/h1-8H,14H2;2H,1H3,(H,12,13). The van der Waals surface area contributed by atoms with Crippen LogP contribution in [0.15, 0.2) is 54.7 Å². The molecule has 1 heterocycles. The average molecular weight is 398 g/mol. The van der Waals surface area contributed by atoms with E-state index in [9.17, 15) is 18.0 Å². The summed E-state index contributed by atoms with van der Waals surface area (Å²) in [5, 5.41) is 12.1. The van der Waals surface area contributed by atoms with Gasteiger partial charge in [-0.15, -0.1) is 0 Å². The predicted molar refractivity (Wildman–Crippen MR) is 96.5 cm³/mol. The molecule has 0 atom stereocenters. The van der Waals surface area contributed by atoms with Crippen molar-refractivity contribution < 1.29 is 23.1 Å². The zero-order valence-electron chi connectivity index (χ0n) is 14.0. The van der Waals surface area contributed by atoms with Gasteiger partial charge in [0.2, 0.25) is 0 Å². The maximum Gasteiger partial charge on any atom is 0.436 e. The van der Waals surface area contributed by atoms with E-state index in [1.807, 2.05) is 48.5 Å². The van der Waals surface area contributed by atoms with E-state index in [0.29, 0.717) is 0 Å². The molecule has 0 aliphatic carbocycles. The summed E-state index contributed by atoms with van der Waals surface area (Å²) >= 11 is 5.81. The van der Waals surface area contributed by atoms with Gasteiger partial charge in [0.25, 0.3) is 0 Å². The van der Waals surface area contributed by atoms with Gasteiger partial charge < -0.3 is 10.8 Å². The van der Waals surface area contributed by atoms with Gasteiger partial charge in [-0.05, 0) is 23.8 Å². The third-order valence-corrected chi connectivity index (χ3v) is 3.70. The molecule has 3 N–H and O–H groups in total. The van der Waals surface area contributed by atoms with Crippen LogP contribution in [0.2, 0.25) is 5.02 Å². The minimum absolute atomic E-state index is 0.739. The second-order valence-electron chi connectivity index (χ2n) is 5.46. The van der Waals surface area contributed by atoms with Crippen LogP contribution >= 0.6 is 11.6 Å². The molecule has 9 heteroatoms. The van der Waals surface area contributed by atoms with Crippen LogP contribution in [0.1, 0.15) is 16.1 Å². The van der Waals surface area contributed by atoms with E-state index in [0.717, 1.165) is 32.7 Å². The molecular formula is C18H15ClF3N3O2. The number of anilines is 1. The Labute approximate surface area is 157 Å². The monoisotopic (exact) mass is 397 g/mol. The summed E-state index contributed by atoms with van der Waals surface area (Å²) in [5.74, 6) is -1.64. The van der Waals surface area contributed by atoms with Crippen LogP contribution in [0, 0.1) is 0 Å². The Morgan fingerprint density at radius 3 is 2.22 bits per heavy atom. The highest BCUT2D eigenvalue weighted by atomic mass is 35.5. The summed E-state index contributed by atoms with van der Waals surface area (Å²) in [4.78, 5) is 10.3. The molecule has 0 fully saturated rings. The fourth-order valence-corrected chi connectivity index (χ4v) is 2.37. The van der Waals surface area contributed by atoms with Gasteiger partial charge in [-0.1, -0.05) is 41.9 Å². The number of nitrogens with zero attached hydrogens (tertiary/aromatic N) is 2. The molecule has 0 spiro atoms. The number of aromatic nitrogens is 2. The number of nitrogens with two attached hydrogens (primary N) is 1. The molecule has 0 saturated heterocycles. The Morgan fingerprint density at radius 1 is 1.15 bits per heavy atom. The number of alkyl halides is 3. The number of aromatic carboxylic acids is 1. The largest absolute Gasteiger partial charge is 0.478 e. The van der Waals surface area contributed by atoms with E-state index in [-0.39, 0.29) is 0 Å². The van der Waals surface area contributed by atoms with Crippen LogP contribution in [0.25, 0.3) is 11.1 Å². The molecule has 1 aromatic heterocycles. The topological polar surface area (TPSA) is 81.1 Å². The maximum atomic E-state index is 12.1. The van der Waals surface area contributed by atoms with Crippen LogP contribution in [0.5, 0.6) is 0 Å². The Balaban J connectivity index is 0.000000194. The Kier molecular flexibility index (Phi) is 6.12. The van der Waals surface area contributed by atoms with Gasteiger partial charge in [-0.3, -0.25) is 4.68 Å². The molecule has 0 unspecified atom stereocenters. The summed E-state index contributed by atoms with van der Waals surface area (Å²) in [5.41, 5.74) is 6.57. The molecule has 0 aliphatic rings. The Bertz CT molecular complexity index is 938. The molecule has 3 aromatic rings. The van der Waals surface area contributed by atoms with Crippen molar-refractivity contribution >= 4 is 23.3 Å². The lowest BCUT2D eigenvalue weighted by atomic mass is 10.0. The highest BCUT2D eigenvalue weighted by Gasteiger charge is 2.38. The molecular weight excluding hydrogens is 383 g/mol. The predicted octanol–water partition coefficient (Wildman–Crippen LogP) is 4.73. The number of rotatable bonds is 2. The molecule has 27 heavy (non-hydrogen) atoms. The maximum absolute atomic E-state index is 12.1. The molecule has 0 bridgehead atoms. The Morgan fingerprint density at radius 2 is 1.74 bits per heavy atom. The van der Waals surface area contributed by atoms with Crippen molar-refractivity contribution in [2.75, 3.05) is 5.73 Å². The zero-order chi connectivity index (χ0) is 20.2. The number of benzene rings is 2. The second kappa shape index (κ2) is 8.13. The van der Waals surface area contributed by atoms with Crippen molar-refractivity contribution in [2.24, 2.45) is 7.05 Å². The lowest BCUT2D eigenvalue weighted by Crippen LogP contribution is -2.12. The summed E-state index contributed by atoms with van der Waals surface area (Å²) in [6, 6.07) is 15.5. The van der Waals surface area contributed by atoms with Crippen molar-refractivity contribution in [3.8, 4) is 11.1 Å². The van der Waals surface area contributed by atoms with Gasteiger partial charge in [0.15, 0.2) is 5.69 Å². The number of nitrogen functional groups attached to an aromatic ring is 1. The number of hydrogen-bond acceptors (Lipinski definition) is 3. The smallest absolute Gasteiger partial charge is 0.436 e. The summed E-state index contributed by atoms with van der Waals surface area (Å²) in [7, 11) is 1.22. The van der Waals surface area contributed by atoms with Crippen molar-refractivity contribution in [1.29, 1.82) is 0 Å². The zero-order valence-corrected chi connectivity index (χ0v) is 14.8. The minimum Gasteiger partial charge on any atom is -0.478 e. The molecule has 2 aromatic carbocycles. The van der Waals surface area contributed by atoms with Crippen LogP contribution in [0.3, 0.4) is 0 Å². The average Bonchev–Trinajstić information content (AvgIpc) is 3.00. The third-order valence-electron chi connectivity index (χ3n) is 3.44. The molecule has 0 aliphatic heterocycles. The Hall–Kier alpha value is -3.00. The lowest BCUT2D eigenvalue weighted by molar-refractivity contribution is -0.141. The first-order valence-electron chi connectivity index (χ1n) is 7.54. The normalized spacial score (nSPS) is 10.9. The van der Waals surface area contributed by atoms with Gasteiger partial charge in [-0.25, -0.2) is 4.79 Å². The number of hydrogen-bond donors (Lipinski definition) is 2. The molecule has 3 rings (SSSR count). The fourth-order valence-electron chi connectivity index (χ4n) is 2.24. The van der Waals surface area contributed by atoms with E-state index >= 15 is 0 Å². The van der Waals surface area contributed by atoms with Gasteiger partial charge in [0.05, 0.1) is 0 Å². The van der Waals surface area contributed by atoms with Crippen LogP contribution in [0.4, 0.5) is 18.9 Å². The SMILES string of the molecule is Cn1cc(C(=O)O)c(C(F)(F)F)n1.Nc1ccccc1-c1ccc(Cl)cc1. The number of para-hydroxylation sites is 1. The highest BCUT2D eigenvalue weighted by molar-refractivity contribution is 6.30. The minimum atomic E-state index is -4.73. The van der Waals surface area contributed by atoms with E-state index in [1.165, 1.54) is 7.05 Å². The van der Waals surface area contributed by atoms with Gasteiger partial charge in [0.1, 0.15) is 5.56 Å². The number of carbonyl (C=O) groups is 1. The van der Waals surface area contributed by atoms with Crippen molar-refractivity contribution in [2.45, 2.75) is 6.18 Å². The van der Waals surface area contributed by atoms with Crippen molar-refractivity contribution in [3.05, 3.63) is 71.0 Å². The second-order valence-corrected chi connectivity index (χ2v) is 5.90. The van der Waals surface area contributed by atoms with Crippen molar-refractivity contribution in [3.63, 3.8) is 0 Å². The fraction of sp³-hybridized carbons (Fsp3) is 0.111. The van der Waals surface area contributed by atoms with Crippen molar-refractivity contribution in [1.82, 2.24) is 9.78 Å². The number of carboxylic acid groups (broad SMARTS) is 1. The summed E-state index contributed by atoms with van der Waals surface area (Å²) in [6.45, 7) is 0. The number of halogens is 4. The van der Waals surface area contributed by atoms with E-state index in [1.54, 1.807) is 0 Å². The van der Waals surface area contributed by atoms with Crippen LogP contribution in [-0.4, -0.2) is 20.9 Å². The summed E-state index contributed by atoms with van der Waals surface area (Å²) in [6.07, 6.45) is -3.92. The highest BCUT2D eigenvalue weighted by Crippen LogP contribution is 2.30. The van der Waals surface area contributed by atoms with Gasteiger partial charge in [-0.2, -0.15) is 18.3 Å². The van der Waals surface area contributed by atoms with Crippen LogP contribution < -0.4 is 5.73 Å². The first-order valence-corrected chi connectivity index (χ1v) is 7.92. The first-order chi connectivity index (χ1) is 12.6. The molecule has 0 radical (unpaired) electrons. The van der Waals surface area contributed by atoms with Gasteiger partial charge in [0, 0.05) is 29.5 Å². The number of carboxylic acids is 1. The number of aryl methyl sites for hydroxylation is 1. The molecule has 142 valence electrons. The lowest BCUT2D eigenvalue weighted by Gasteiger charge is -2.04. The van der Waals surface area contributed by atoms with E-state index in [4.69, 9.17) is 22.4 Å².